The molecule has 5 N–H and O–H groups in total. The summed E-state index contributed by atoms with van der Waals surface area (Å²) in [6.07, 6.45) is 0.300. The van der Waals surface area contributed by atoms with E-state index in [-0.39, 0.29) is 6.61 Å². The first kappa shape index (κ1) is 21.8. The lowest BCUT2D eigenvalue weighted by Crippen LogP contribution is -2.56. The van der Waals surface area contributed by atoms with Gasteiger partial charge < -0.3 is 26.2 Å². The molecule has 0 heterocycles. The monoisotopic (exact) mass is 383 g/mol. The molecule has 1 aromatic carbocycles. The first-order valence-corrected chi connectivity index (χ1v) is 9.48. The van der Waals surface area contributed by atoms with Crippen LogP contribution in [0.2, 0.25) is 0 Å². The number of rotatable bonds is 10. The van der Waals surface area contributed by atoms with E-state index in [1.165, 1.54) is 18.7 Å². The summed E-state index contributed by atoms with van der Waals surface area (Å²) in [4.78, 5) is 35.7. The molecule has 144 valence electrons. The molecule has 0 saturated heterocycles. The minimum atomic E-state index is -1.23. The molecule has 1 aromatic rings. The molecule has 26 heavy (non-hydrogen) atoms. The molecule has 0 saturated carbocycles. The van der Waals surface area contributed by atoms with E-state index >= 15 is 0 Å². The Morgan fingerprint density at radius 2 is 1.88 bits per heavy atom. The molecule has 0 aliphatic heterocycles. The maximum atomic E-state index is 12.4. The Morgan fingerprint density at radius 3 is 2.42 bits per heavy atom. The maximum absolute atomic E-state index is 12.4. The van der Waals surface area contributed by atoms with Crippen LogP contribution in [0.15, 0.2) is 30.3 Å². The highest BCUT2D eigenvalue weighted by Gasteiger charge is 2.28. The number of ether oxygens (including phenoxy) is 1. The van der Waals surface area contributed by atoms with Crippen molar-refractivity contribution in [3.05, 3.63) is 35.9 Å². The quantitative estimate of drug-likeness (QED) is 0.462. The van der Waals surface area contributed by atoms with Gasteiger partial charge in [-0.2, -0.15) is 11.8 Å². The van der Waals surface area contributed by atoms with Gasteiger partial charge in [-0.05, 0) is 30.9 Å². The van der Waals surface area contributed by atoms with Gasteiger partial charge in [-0.1, -0.05) is 30.3 Å². The molecule has 9 heteroatoms. The number of nitrogens with two attached hydrogens (primary N) is 1. The van der Waals surface area contributed by atoms with Gasteiger partial charge >= 0.3 is 6.09 Å². The number of primary amides is 1. The predicted molar refractivity (Wildman–Crippen MR) is 99.4 cm³/mol. The van der Waals surface area contributed by atoms with Crippen molar-refractivity contribution in [2.24, 2.45) is 5.73 Å². The van der Waals surface area contributed by atoms with E-state index in [0.29, 0.717) is 12.2 Å². The Bertz CT molecular complexity index is 597. The van der Waals surface area contributed by atoms with Gasteiger partial charge in [-0.15, -0.1) is 0 Å². The molecule has 0 radical (unpaired) electrons. The Morgan fingerprint density at radius 1 is 1.23 bits per heavy atom. The zero-order valence-corrected chi connectivity index (χ0v) is 15.6. The molecular formula is C17H25N3O5S. The maximum Gasteiger partial charge on any atom is 0.408 e. The summed E-state index contributed by atoms with van der Waals surface area (Å²) in [7, 11) is 0. The van der Waals surface area contributed by atoms with E-state index in [1.54, 1.807) is 0 Å². The van der Waals surface area contributed by atoms with Crippen molar-refractivity contribution < 1.29 is 24.2 Å². The third-order valence-electron chi connectivity index (χ3n) is 3.52. The van der Waals surface area contributed by atoms with Gasteiger partial charge in [0.05, 0.1) is 6.10 Å². The van der Waals surface area contributed by atoms with Crippen molar-refractivity contribution in [2.75, 3.05) is 12.0 Å². The van der Waals surface area contributed by atoms with Gasteiger partial charge in [-0.3, -0.25) is 9.59 Å². The van der Waals surface area contributed by atoms with Crippen molar-refractivity contribution in [1.29, 1.82) is 0 Å². The van der Waals surface area contributed by atoms with Crippen molar-refractivity contribution in [2.45, 2.75) is 38.1 Å². The van der Waals surface area contributed by atoms with E-state index in [2.05, 4.69) is 10.6 Å². The molecule has 0 spiro atoms. The summed E-state index contributed by atoms with van der Waals surface area (Å²) >= 11 is 1.50. The van der Waals surface area contributed by atoms with Gasteiger partial charge in [0, 0.05) is 0 Å². The highest BCUT2D eigenvalue weighted by molar-refractivity contribution is 7.98. The number of benzene rings is 1. The molecule has 0 aliphatic carbocycles. The number of aliphatic hydroxyl groups excluding tert-OH is 1. The largest absolute Gasteiger partial charge is 0.445 e. The number of thioether (sulfide) groups is 1. The third-order valence-corrected chi connectivity index (χ3v) is 4.16. The standard InChI is InChI=1S/C17H25N3O5S/c1-11(21)14(15(18)22)20-16(23)13(8-9-26-2)19-17(24)25-10-12-6-4-3-5-7-12/h3-7,11,13-14,21H,8-10H2,1-2H3,(H2,18,22)(H,19,24)(H,20,23)/t11-,13-,14-/m0/s1. The number of carbonyl (C=O) groups is 3. The first-order valence-electron chi connectivity index (χ1n) is 8.09. The molecule has 0 aliphatic rings. The van der Waals surface area contributed by atoms with Crippen molar-refractivity contribution in [3.63, 3.8) is 0 Å². The van der Waals surface area contributed by atoms with E-state index in [1.807, 2.05) is 36.6 Å². The van der Waals surface area contributed by atoms with Gasteiger partial charge in [0.25, 0.3) is 0 Å². The lowest BCUT2D eigenvalue weighted by Gasteiger charge is -2.23. The lowest BCUT2D eigenvalue weighted by molar-refractivity contribution is -0.130. The third kappa shape index (κ3) is 7.75. The summed E-state index contributed by atoms with van der Waals surface area (Å²) in [6, 6.07) is 6.98. The second kappa shape index (κ2) is 11.4. The zero-order valence-electron chi connectivity index (χ0n) is 14.8. The summed E-state index contributed by atoms with van der Waals surface area (Å²) in [5.74, 6) is -0.864. The number of amides is 3. The lowest BCUT2D eigenvalue weighted by atomic mass is 10.1. The molecule has 3 amide bonds. The van der Waals surface area contributed by atoms with Crippen LogP contribution >= 0.6 is 11.8 Å². The zero-order chi connectivity index (χ0) is 19.5. The highest BCUT2D eigenvalue weighted by atomic mass is 32.2. The number of nitrogens with one attached hydrogen (secondary N) is 2. The highest BCUT2D eigenvalue weighted by Crippen LogP contribution is 2.05. The Hall–Kier alpha value is -2.26. The molecule has 0 fully saturated rings. The second-order valence-corrected chi connectivity index (χ2v) is 6.65. The van der Waals surface area contributed by atoms with Crippen molar-refractivity contribution in [3.8, 4) is 0 Å². The van der Waals surface area contributed by atoms with Crippen molar-refractivity contribution >= 4 is 29.7 Å². The van der Waals surface area contributed by atoms with Gasteiger partial charge in [-0.25, -0.2) is 4.79 Å². The van der Waals surface area contributed by atoms with Gasteiger partial charge in [0.2, 0.25) is 11.8 Å². The molecule has 0 aromatic heterocycles. The number of carbonyl (C=O) groups excluding carboxylic acids is 3. The van der Waals surface area contributed by atoms with Crippen LogP contribution in [0.3, 0.4) is 0 Å². The fraction of sp³-hybridized carbons (Fsp3) is 0.471. The summed E-state index contributed by atoms with van der Waals surface area (Å²) in [5, 5.41) is 14.4. The Balaban J connectivity index is 2.65. The fourth-order valence-electron chi connectivity index (χ4n) is 2.09. The SMILES string of the molecule is CSCC[C@H](NC(=O)OCc1ccccc1)C(=O)N[C@H](C(N)=O)[C@H](C)O. The van der Waals surface area contributed by atoms with Crippen LogP contribution < -0.4 is 16.4 Å². The van der Waals surface area contributed by atoms with Crippen LogP contribution in [0.5, 0.6) is 0 Å². The number of aliphatic hydroxyl groups is 1. The van der Waals surface area contributed by atoms with Crippen LogP contribution in [0.4, 0.5) is 4.79 Å². The Kier molecular flexibility index (Phi) is 9.53. The van der Waals surface area contributed by atoms with Crippen LogP contribution in [-0.2, 0) is 20.9 Å². The van der Waals surface area contributed by atoms with Crippen LogP contribution in [0.1, 0.15) is 18.9 Å². The average molecular weight is 383 g/mol. The number of hydrogen-bond acceptors (Lipinski definition) is 6. The van der Waals surface area contributed by atoms with Gasteiger partial charge in [0.1, 0.15) is 18.7 Å². The minimum absolute atomic E-state index is 0.0706. The first-order chi connectivity index (χ1) is 12.3. The molecule has 0 bridgehead atoms. The van der Waals surface area contributed by atoms with Crippen LogP contribution in [0, 0.1) is 0 Å². The number of alkyl carbamates (subject to hydrolysis) is 1. The Labute approximate surface area is 156 Å². The van der Waals surface area contributed by atoms with E-state index in [0.717, 1.165) is 5.56 Å². The molecular weight excluding hydrogens is 358 g/mol. The molecule has 3 atom stereocenters. The molecule has 0 unspecified atom stereocenters. The smallest absolute Gasteiger partial charge is 0.408 e. The summed E-state index contributed by atoms with van der Waals surface area (Å²) in [6.45, 7) is 1.41. The topological polar surface area (TPSA) is 131 Å². The average Bonchev–Trinajstić information content (AvgIpc) is 2.61. The van der Waals surface area contributed by atoms with E-state index in [4.69, 9.17) is 10.5 Å². The second-order valence-electron chi connectivity index (χ2n) is 5.67. The normalized spacial score (nSPS) is 14.0. The van der Waals surface area contributed by atoms with Gasteiger partial charge in [0.15, 0.2) is 0 Å². The van der Waals surface area contributed by atoms with E-state index < -0.39 is 36.1 Å². The van der Waals surface area contributed by atoms with Crippen molar-refractivity contribution in [1.82, 2.24) is 10.6 Å². The molecule has 8 nitrogen and oxygen atoms in total. The predicted octanol–water partition coefficient (Wildman–Crippen LogP) is 0.385. The summed E-state index contributed by atoms with van der Waals surface area (Å²) in [5.41, 5.74) is 5.99. The summed E-state index contributed by atoms with van der Waals surface area (Å²) < 4.78 is 5.11. The minimum Gasteiger partial charge on any atom is -0.445 e. The van der Waals surface area contributed by atoms with E-state index in [9.17, 15) is 19.5 Å². The fourth-order valence-corrected chi connectivity index (χ4v) is 2.57. The van der Waals surface area contributed by atoms with Crippen LogP contribution in [0.25, 0.3) is 0 Å². The molecule has 1 rings (SSSR count). The number of hydrogen-bond donors (Lipinski definition) is 4. The van der Waals surface area contributed by atoms with Crippen LogP contribution in [-0.4, -0.2) is 53.2 Å².